The van der Waals surface area contributed by atoms with Crippen LogP contribution in [0.5, 0.6) is 0 Å². The Hall–Kier alpha value is -2.87. The molecule has 0 saturated carbocycles. The molecule has 4 aromatic rings. The monoisotopic (exact) mass is 376 g/mol. The van der Waals surface area contributed by atoms with Gasteiger partial charge in [-0.25, -0.2) is 23.4 Å². The van der Waals surface area contributed by atoms with E-state index >= 15 is 0 Å². The molecule has 0 bridgehead atoms. The van der Waals surface area contributed by atoms with Gasteiger partial charge in [-0.1, -0.05) is 17.7 Å². The number of pyridine rings is 1. The summed E-state index contributed by atoms with van der Waals surface area (Å²) in [6.45, 7) is 0.865. The highest BCUT2D eigenvalue weighted by Crippen LogP contribution is 2.31. The van der Waals surface area contributed by atoms with Crippen molar-refractivity contribution in [1.29, 1.82) is 0 Å². The lowest BCUT2D eigenvalue weighted by atomic mass is 10.1. The van der Waals surface area contributed by atoms with Gasteiger partial charge in [0, 0.05) is 25.7 Å². The molecule has 0 amide bonds. The summed E-state index contributed by atoms with van der Waals surface area (Å²) in [5.74, 6) is -2.48. The SMILES string of the molecule is CNn1c(Nc2c[nH]c3ccc(Cl)nc23)nc2cc(C(C)(F)F)ccc21. The summed E-state index contributed by atoms with van der Waals surface area (Å²) in [6.07, 6.45) is 1.75. The van der Waals surface area contributed by atoms with E-state index in [1.54, 1.807) is 30.1 Å². The van der Waals surface area contributed by atoms with Crippen molar-refractivity contribution in [2.75, 3.05) is 17.8 Å². The first-order valence-corrected chi connectivity index (χ1v) is 8.24. The van der Waals surface area contributed by atoms with Gasteiger partial charge in [0.05, 0.1) is 22.2 Å². The Morgan fingerprint density at radius 3 is 2.73 bits per heavy atom. The standard InChI is InChI=1S/C17H15ClF2N6/c1-17(19,20)9-3-5-13-11(7-9)23-16(26(13)21-2)24-12-8-22-10-4-6-14(18)25-15(10)12/h3-8,21-22H,1-2H3,(H,23,24). The molecule has 0 aliphatic rings. The number of aromatic nitrogens is 4. The Morgan fingerprint density at radius 2 is 2.00 bits per heavy atom. The molecule has 0 unspecified atom stereocenters. The van der Waals surface area contributed by atoms with Crippen molar-refractivity contribution in [3.63, 3.8) is 0 Å². The van der Waals surface area contributed by atoms with Crippen LogP contribution in [0.1, 0.15) is 12.5 Å². The Kier molecular flexibility index (Phi) is 3.73. The molecule has 3 aromatic heterocycles. The Balaban J connectivity index is 1.81. The van der Waals surface area contributed by atoms with E-state index in [1.807, 2.05) is 6.07 Å². The second-order valence-corrected chi connectivity index (χ2v) is 6.33. The molecule has 9 heteroatoms. The van der Waals surface area contributed by atoms with Crippen molar-refractivity contribution < 1.29 is 8.78 Å². The highest BCUT2D eigenvalue weighted by Gasteiger charge is 2.25. The van der Waals surface area contributed by atoms with Crippen LogP contribution < -0.4 is 10.7 Å². The Morgan fingerprint density at radius 1 is 1.19 bits per heavy atom. The maximum absolute atomic E-state index is 13.6. The lowest BCUT2D eigenvalue weighted by Gasteiger charge is -2.11. The summed E-state index contributed by atoms with van der Waals surface area (Å²) in [5, 5.41) is 3.54. The molecule has 134 valence electrons. The van der Waals surface area contributed by atoms with Gasteiger partial charge >= 0.3 is 0 Å². The number of fused-ring (bicyclic) bond motifs is 2. The van der Waals surface area contributed by atoms with Gasteiger partial charge in [0.15, 0.2) is 0 Å². The number of aromatic amines is 1. The Labute approximate surface area is 152 Å². The molecule has 0 atom stereocenters. The molecule has 3 heterocycles. The molecule has 4 rings (SSSR count). The summed E-state index contributed by atoms with van der Waals surface area (Å²) >= 11 is 5.98. The van der Waals surface area contributed by atoms with Crippen LogP contribution in [0.3, 0.4) is 0 Å². The first kappa shape index (κ1) is 16.6. The van der Waals surface area contributed by atoms with Gasteiger partial charge in [0.1, 0.15) is 10.7 Å². The molecule has 0 aliphatic carbocycles. The number of hydrogen-bond acceptors (Lipinski definition) is 4. The van der Waals surface area contributed by atoms with Gasteiger partial charge < -0.3 is 15.7 Å². The second kappa shape index (κ2) is 5.84. The Bertz CT molecular complexity index is 1110. The lowest BCUT2D eigenvalue weighted by Crippen LogP contribution is -2.12. The number of hydrogen-bond donors (Lipinski definition) is 3. The van der Waals surface area contributed by atoms with Crippen LogP contribution in [-0.2, 0) is 5.92 Å². The number of imidazole rings is 1. The van der Waals surface area contributed by atoms with Crippen molar-refractivity contribution in [3.05, 3.63) is 47.2 Å². The summed E-state index contributed by atoms with van der Waals surface area (Å²) in [5.41, 5.74) is 6.19. The molecule has 0 spiro atoms. The molecule has 0 saturated heterocycles. The molecule has 3 N–H and O–H groups in total. The van der Waals surface area contributed by atoms with Gasteiger partial charge in [0.25, 0.3) is 5.92 Å². The lowest BCUT2D eigenvalue weighted by molar-refractivity contribution is 0.0176. The molecule has 0 fully saturated rings. The van der Waals surface area contributed by atoms with Gasteiger partial charge in [0.2, 0.25) is 5.95 Å². The molecule has 0 radical (unpaired) electrons. The van der Waals surface area contributed by atoms with E-state index < -0.39 is 5.92 Å². The minimum absolute atomic E-state index is 0.0853. The van der Waals surface area contributed by atoms with Crippen molar-refractivity contribution in [3.8, 4) is 0 Å². The van der Waals surface area contributed by atoms with E-state index in [-0.39, 0.29) is 5.56 Å². The number of H-pyrrole nitrogens is 1. The van der Waals surface area contributed by atoms with Crippen LogP contribution in [0.25, 0.3) is 22.1 Å². The van der Waals surface area contributed by atoms with E-state index in [4.69, 9.17) is 11.6 Å². The summed E-state index contributed by atoms with van der Waals surface area (Å²) in [7, 11) is 1.72. The van der Waals surface area contributed by atoms with Crippen LogP contribution in [0.4, 0.5) is 20.4 Å². The van der Waals surface area contributed by atoms with E-state index in [1.165, 1.54) is 12.1 Å². The van der Waals surface area contributed by atoms with Crippen molar-refractivity contribution in [2.45, 2.75) is 12.8 Å². The fraction of sp³-hybridized carbons (Fsp3) is 0.176. The molecule has 0 aliphatic heterocycles. The molecule has 1 aromatic carbocycles. The van der Waals surface area contributed by atoms with Crippen molar-refractivity contribution in [1.82, 2.24) is 19.6 Å². The van der Waals surface area contributed by atoms with E-state index in [0.717, 1.165) is 12.4 Å². The average molecular weight is 377 g/mol. The van der Waals surface area contributed by atoms with E-state index in [9.17, 15) is 8.78 Å². The number of rotatable bonds is 4. The van der Waals surface area contributed by atoms with Crippen molar-refractivity contribution >= 4 is 45.3 Å². The summed E-state index contributed by atoms with van der Waals surface area (Å²) in [4.78, 5) is 11.8. The molecular formula is C17H15ClF2N6. The molecule has 26 heavy (non-hydrogen) atoms. The first-order chi connectivity index (χ1) is 12.4. The highest BCUT2D eigenvalue weighted by atomic mass is 35.5. The van der Waals surface area contributed by atoms with Crippen LogP contribution in [0, 0.1) is 0 Å². The maximum Gasteiger partial charge on any atom is 0.270 e. The largest absolute Gasteiger partial charge is 0.358 e. The number of nitrogens with one attached hydrogen (secondary N) is 3. The smallest absolute Gasteiger partial charge is 0.270 e. The summed E-state index contributed by atoms with van der Waals surface area (Å²) < 4.78 is 28.9. The van der Waals surface area contributed by atoms with Crippen molar-refractivity contribution in [2.24, 2.45) is 0 Å². The number of halogens is 3. The third-order valence-corrected chi connectivity index (χ3v) is 4.33. The fourth-order valence-electron chi connectivity index (χ4n) is 2.85. The number of nitrogens with zero attached hydrogens (tertiary/aromatic N) is 3. The third-order valence-electron chi connectivity index (χ3n) is 4.12. The predicted molar refractivity (Wildman–Crippen MR) is 99.0 cm³/mol. The van der Waals surface area contributed by atoms with E-state index in [0.29, 0.717) is 33.3 Å². The molecule has 6 nitrogen and oxygen atoms in total. The second-order valence-electron chi connectivity index (χ2n) is 5.94. The normalized spacial score (nSPS) is 12.0. The van der Waals surface area contributed by atoms with Crippen LogP contribution in [-0.4, -0.2) is 26.7 Å². The maximum atomic E-state index is 13.6. The highest BCUT2D eigenvalue weighted by molar-refractivity contribution is 6.29. The third kappa shape index (κ3) is 2.72. The average Bonchev–Trinajstić information content (AvgIpc) is 3.14. The zero-order chi connectivity index (χ0) is 18.5. The zero-order valence-electron chi connectivity index (χ0n) is 13.9. The topological polar surface area (TPSA) is 70.6 Å². The van der Waals surface area contributed by atoms with Gasteiger partial charge in [-0.2, -0.15) is 0 Å². The quantitative estimate of drug-likeness (QED) is 0.455. The minimum atomic E-state index is -2.93. The van der Waals surface area contributed by atoms with Gasteiger partial charge in [-0.15, -0.1) is 0 Å². The van der Waals surface area contributed by atoms with Gasteiger partial charge in [-0.3, -0.25) is 0 Å². The predicted octanol–water partition coefficient (Wildman–Crippen LogP) is 4.59. The van der Waals surface area contributed by atoms with Crippen LogP contribution in [0.15, 0.2) is 36.5 Å². The minimum Gasteiger partial charge on any atom is -0.358 e. The molecular weight excluding hydrogens is 362 g/mol. The number of anilines is 2. The fourth-order valence-corrected chi connectivity index (χ4v) is 3.00. The first-order valence-electron chi connectivity index (χ1n) is 7.86. The van der Waals surface area contributed by atoms with Crippen LogP contribution >= 0.6 is 11.6 Å². The zero-order valence-corrected chi connectivity index (χ0v) is 14.7. The van der Waals surface area contributed by atoms with E-state index in [2.05, 4.69) is 25.7 Å². The number of alkyl halides is 2. The summed E-state index contributed by atoms with van der Waals surface area (Å²) in [6, 6.07) is 7.92. The number of benzene rings is 1. The van der Waals surface area contributed by atoms with Crippen LogP contribution in [0.2, 0.25) is 5.15 Å². The van der Waals surface area contributed by atoms with Gasteiger partial charge in [-0.05, 0) is 24.3 Å².